The van der Waals surface area contributed by atoms with E-state index in [2.05, 4.69) is 33.8 Å². The van der Waals surface area contributed by atoms with Crippen molar-refractivity contribution in [1.29, 1.82) is 0 Å². The minimum Gasteiger partial charge on any atom is -0.497 e. The zero-order chi connectivity index (χ0) is 22.5. The molecule has 0 atom stereocenters. The largest absolute Gasteiger partial charge is 0.497 e. The predicted molar refractivity (Wildman–Crippen MR) is 127 cm³/mol. The number of hydrogen-bond donors (Lipinski definition) is 2. The highest BCUT2D eigenvalue weighted by atomic mass is 16.5. The molecule has 4 rings (SSSR count). The standard InChI is InChI=1S/C26H25N3O3/c1-17-13-18(8-10-25(17)32-3)22-9-7-19(24-16-27-12-11-23(22)24)15-28-26(30)29-20-5-4-6-21(14-20)31-2/h4-14,16H,15H2,1-3H3,(H2,28,29,30). The van der Waals surface area contributed by atoms with Gasteiger partial charge in [-0.3, -0.25) is 4.98 Å². The number of pyridine rings is 1. The first-order valence-corrected chi connectivity index (χ1v) is 10.3. The molecule has 0 unspecified atom stereocenters. The van der Waals surface area contributed by atoms with E-state index >= 15 is 0 Å². The number of nitrogens with zero attached hydrogens (tertiary/aromatic N) is 1. The first-order chi connectivity index (χ1) is 15.6. The van der Waals surface area contributed by atoms with E-state index in [-0.39, 0.29) is 6.03 Å². The molecule has 2 N–H and O–H groups in total. The number of hydrogen-bond acceptors (Lipinski definition) is 4. The van der Waals surface area contributed by atoms with Crippen LogP contribution in [0, 0.1) is 6.92 Å². The van der Waals surface area contributed by atoms with Gasteiger partial charge in [-0.1, -0.05) is 24.3 Å². The number of ether oxygens (including phenoxy) is 2. The van der Waals surface area contributed by atoms with Crippen molar-refractivity contribution in [2.75, 3.05) is 19.5 Å². The third-order valence-corrected chi connectivity index (χ3v) is 5.38. The molecule has 0 saturated carbocycles. The van der Waals surface area contributed by atoms with Gasteiger partial charge in [-0.25, -0.2) is 4.79 Å². The van der Waals surface area contributed by atoms with E-state index in [9.17, 15) is 4.79 Å². The summed E-state index contributed by atoms with van der Waals surface area (Å²) >= 11 is 0. The van der Waals surface area contributed by atoms with Crippen LogP contribution in [0.25, 0.3) is 21.9 Å². The molecule has 3 aromatic carbocycles. The van der Waals surface area contributed by atoms with E-state index in [1.54, 1.807) is 26.5 Å². The Balaban J connectivity index is 1.56. The molecule has 1 aromatic heterocycles. The minimum atomic E-state index is -0.287. The fourth-order valence-electron chi connectivity index (χ4n) is 3.75. The normalized spacial score (nSPS) is 10.6. The average Bonchev–Trinajstić information content (AvgIpc) is 2.82. The maximum absolute atomic E-state index is 12.4. The molecule has 1 heterocycles. The number of benzene rings is 3. The summed E-state index contributed by atoms with van der Waals surface area (Å²) < 4.78 is 10.6. The number of fused-ring (bicyclic) bond motifs is 1. The highest BCUT2D eigenvalue weighted by Gasteiger charge is 2.11. The molecule has 0 saturated heterocycles. The van der Waals surface area contributed by atoms with Gasteiger partial charge in [0, 0.05) is 36.1 Å². The Morgan fingerprint density at radius 1 is 0.969 bits per heavy atom. The number of methoxy groups -OCH3 is 2. The van der Waals surface area contributed by atoms with Gasteiger partial charge >= 0.3 is 6.03 Å². The van der Waals surface area contributed by atoms with Gasteiger partial charge in [0.1, 0.15) is 11.5 Å². The lowest BCUT2D eigenvalue weighted by molar-refractivity contribution is 0.252. The average molecular weight is 428 g/mol. The van der Waals surface area contributed by atoms with Crippen molar-refractivity contribution < 1.29 is 14.3 Å². The van der Waals surface area contributed by atoms with Gasteiger partial charge in [0.15, 0.2) is 0 Å². The summed E-state index contributed by atoms with van der Waals surface area (Å²) in [5.41, 5.74) is 4.95. The molecule has 32 heavy (non-hydrogen) atoms. The zero-order valence-corrected chi connectivity index (χ0v) is 18.3. The molecule has 0 radical (unpaired) electrons. The maximum atomic E-state index is 12.4. The Labute approximate surface area is 187 Å². The fraction of sp³-hybridized carbons (Fsp3) is 0.154. The lowest BCUT2D eigenvalue weighted by atomic mass is 9.95. The molecule has 4 aromatic rings. The van der Waals surface area contributed by atoms with E-state index in [1.807, 2.05) is 49.5 Å². The lowest BCUT2D eigenvalue weighted by Crippen LogP contribution is -2.28. The number of urea groups is 1. The Morgan fingerprint density at radius 3 is 2.62 bits per heavy atom. The van der Waals surface area contributed by atoms with Crippen LogP contribution in [0.5, 0.6) is 11.5 Å². The number of aryl methyl sites for hydroxylation is 1. The van der Waals surface area contributed by atoms with E-state index in [0.29, 0.717) is 18.0 Å². The van der Waals surface area contributed by atoms with Crippen LogP contribution in [0.3, 0.4) is 0 Å². The molecular weight excluding hydrogens is 402 g/mol. The second kappa shape index (κ2) is 9.39. The van der Waals surface area contributed by atoms with Crippen LogP contribution in [0.1, 0.15) is 11.1 Å². The number of amides is 2. The van der Waals surface area contributed by atoms with E-state index in [4.69, 9.17) is 9.47 Å². The van der Waals surface area contributed by atoms with Crippen LogP contribution in [-0.4, -0.2) is 25.2 Å². The van der Waals surface area contributed by atoms with Crippen molar-refractivity contribution >= 4 is 22.5 Å². The summed E-state index contributed by atoms with van der Waals surface area (Å²) in [5, 5.41) is 7.84. The third kappa shape index (κ3) is 4.49. The Bertz CT molecular complexity index is 1270. The molecule has 0 aliphatic carbocycles. The zero-order valence-electron chi connectivity index (χ0n) is 18.3. The SMILES string of the molecule is COc1cccc(NC(=O)NCc2ccc(-c3ccc(OC)c(C)c3)c3ccncc23)c1. The topological polar surface area (TPSA) is 72.5 Å². The second-order valence-electron chi connectivity index (χ2n) is 7.42. The van der Waals surface area contributed by atoms with Gasteiger partial charge in [0.25, 0.3) is 0 Å². The summed E-state index contributed by atoms with van der Waals surface area (Å²) in [6, 6.07) is 19.2. The van der Waals surface area contributed by atoms with E-state index in [1.165, 1.54) is 0 Å². The first kappa shape index (κ1) is 21.2. The molecule has 0 aliphatic heterocycles. The highest BCUT2D eigenvalue weighted by molar-refractivity contribution is 5.98. The third-order valence-electron chi connectivity index (χ3n) is 5.38. The van der Waals surface area contributed by atoms with Crippen LogP contribution < -0.4 is 20.1 Å². The molecule has 6 nitrogen and oxygen atoms in total. The molecular formula is C26H25N3O3. The van der Waals surface area contributed by atoms with Crippen molar-refractivity contribution in [2.45, 2.75) is 13.5 Å². The number of carbonyl (C=O) groups excluding carboxylic acids is 1. The maximum Gasteiger partial charge on any atom is 0.319 e. The van der Waals surface area contributed by atoms with Crippen LogP contribution in [-0.2, 0) is 6.54 Å². The van der Waals surface area contributed by atoms with Crippen molar-refractivity contribution in [1.82, 2.24) is 10.3 Å². The van der Waals surface area contributed by atoms with Crippen LogP contribution >= 0.6 is 0 Å². The Hall–Kier alpha value is -4.06. The molecule has 0 bridgehead atoms. The summed E-state index contributed by atoms with van der Waals surface area (Å²) in [4.78, 5) is 16.7. The van der Waals surface area contributed by atoms with Crippen LogP contribution in [0.15, 0.2) is 73.1 Å². The van der Waals surface area contributed by atoms with Crippen LogP contribution in [0.4, 0.5) is 10.5 Å². The van der Waals surface area contributed by atoms with E-state index < -0.39 is 0 Å². The summed E-state index contributed by atoms with van der Waals surface area (Å²) in [6.45, 7) is 2.41. The van der Waals surface area contributed by atoms with Crippen molar-refractivity contribution in [3.63, 3.8) is 0 Å². The van der Waals surface area contributed by atoms with Gasteiger partial charge in [-0.15, -0.1) is 0 Å². The van der Waals surface area contributed by atoms with Crippen molar-refractivity contribution in [2.24, 2.45) is 0 Å². The first-order valence-electron chi connectivity index (χ1n) is 10.3. The van der Waals surface area contributed by atoms with Gasteiger partial charge < -0.3 is 20.1 Å². The van der Waals surface area contributed by atoms with Gasteiger partial charge in [0.2, 0.25) is 0 Å². The predicted octanol–water partition coefficient (Wildman–Crippen LogP) is 5.55. The monoisotopic (exact) mass is 427 g/mol. The molecule has 6 heteroatoms. The number of anilines is 1. The molecule has 0 fully saturated rings. The summed E-state index contributed by atoms with van der Waals surface area (Å²) in [7, 11) is 3.27. The van der Waals surface area contributed by atoms with Crippen molar-refractivity contribution in [3.05, 3.63) is 84.2 Å². The summed E-state index contributed by atoms with van der Waals surface area (Å²) in [5.74, 6) is 1.55. The smallest absolute Gasteiger partial charge is 0.319 e. The molecule has 0 spiro atoms. The Kier molecular flexibility index (Phi) is 6.22. The molecule has 162 valence electrons. The number of carbonyl (C=O) groups is 1. The molecule has 2 amide bonds. The number of aromatic nitrogens is 1. The van der Waals surface area contributed by atoms with Crippen LogP contribution in [0.2, 0.25) is 0 Å². The molecule has 0 aliphatic rings. The number of rotatable bonds is 6. The van der Waals surface area contributed by atoms with Gasteiger partial charge in [0.05, 0.1) is 14.2 Å². The fourth-order valence-corrected chi connectivity index (χ4v) is 3.75. The van der Waals surface area contributed by atoms with Gasteiger partial charge in [-0.2, -0.15) is 0 Å². The van der Waals surface area contributed by atoms with Crippen molar-refractivity contribution in [3.8, 4) is 22.6 Å². The second-order valence-corrected chi connectivity index (χ2v) is 7.42. The van der Waals surface area contributed by atoms with E-state index in [0.717, 1.165) is 38.8 Å². The van der Waals surface area contributed by atoms with Gasteiger partial charge in [-0.05, 0) is 64.9 Å². The Morgan fingerprint density at radius 2 is 1.84 bits per heavy atom. The highest BCUT2D eigenvalue weighted by Crippen LogP contribution is 2.33. The lowest BCUT2D eigenvalue weighted by Gasteiger charge is -2.14. The quantitative estimate of drug-likeness (QED) is 0.423. The minimum absolute atomic E-state index is 0.287. The summed E-state index contributed by atoms with van der Waals surface area (Å²) in [6.07, 6.45) is 3.63. The number of nitrogens with one attached hydrogen (secondary N) is 2.